The van der Waals surface area contributed by atoms with E-state index < -0.39 is 0 Å². The molecule has 6 nitrogen and oxygen atoms in total. The van der Waals surface area contributed by atoms with E-state index in [-0.39, 0.29) is 5.91 Å². The molecule has 33 heavy (non-hydrogen) atoms. The molecule has 3 heterocycles. The number of benzene rings is 2. The van der Waals surface area contributed by atoms with Crippen molar-refractivity contribution in [2.75, 3.05) is 13.2 Å². The fourth-order valence-corrected chi connectivity index (χ4v) is 4.39. The van der Waals surface area contributed by atoms with Crippen LogP contribution in [0.25, 0.3) is 10.9 Å². The molecule has 0 radical (unpaired) electrons. The van der Waals surface area contributed by atoms with Crippen LogP contribution in [0.15, 0.2) is 60.9 Å². The van der Waals surface area contributed by atoms with E-state index in [1.165, 1.54) is 5.69 Å². The summed E-state index contributed by atoms with van der Waals surface area (Å²) in [4.78, 5) is 22.8. The largest absolute Gasteiger partial charge is 0.490 e. The molecule has 0 unspecified atom stereocenters. The van der Waals surface area contributed by atoms with Crippen molar-refractivity contribution in [3.05, 3.63) is 88.3 Å². The second kappa shape index (κ2) is 9.16. The van der Waals surface area contributed by atoms with Gasteiger partial charge in [0.1, 0.15) is 6.61 Å². The lowest BCUT2D eigenvalue weighted by molar-refractivity contribution is 0.0734. The van der Waals surface area contributed by atoms with Gasteiger partial charge in [-0.1, -0.05) is 17.7 Å². The zero-order valence-corrected chi connectivity index (χ0v) is 19.1. The predicted molar refractivity (Wildman–Crippen MR) is 128 cm³/mol. The molecule has 1 amide bonds. The van der Waals surface area contributed by atoms with Gasteiger partial charge in [0.05, 0.1) is 6.61 Å². The second-order valence-electron chi connectivity index (χ2n) is 7.99. The normalized spacial score (nSPS) is 13.1. The van der Waals surface area contributed by atoms with Gasteiger partial charge in [-0.15, -0.1) is 0 Å². The van der Waals surface area contributed by atoms with Crippen molar-refractivity contribution in [3.63, 3.8) is 0 Å². The average Bonchev–Trinajstić information content (AvgIpc) is 3.20. The van der Waals surface area contributed by atoms with Crippen LogP contribution >= 0.6 is 11.6 Å². The Morgan fingerprint density at radius 1 is 1.15 bits per heavy atom. The van der Waals surface area contributed by atoms with Gasteiger partial charge < -0.3 is 19.4 Å². The standard InChI is InChI=1S/C26H24ClN3O3/c1-2-32-25-12-18(5-8-24(25)33-16-17-4-3-10-28-14-17)26(31)30-11-9-23-21(15-30)20-13-19(27)6-7-22(20)29-23/h3-8,10,12-14,29H,2,9,11,15-16H2,1H3. The van der Waals surface area contributed by atoms with E-state index >= 15 is 0 Å². The monoisotopic (exact) mass is 461 g/mol. The highest BCUT2D eigenvalue weighted by Crippen LogP contribution is 2.32. The fourth-order valence-electron chi connectivity index (χ4n) is 4.22. The van der Waals surface area contributed by atoms with Crippen molar-refractivity contribution in [2.24, 2.45) is 0 Å². The number of pyridine rings is 1. The van der Waals surface area contributed by atoms with Gasteiger partial charge in [0.2, 0.25) is 0 Å². The number of ether oxygens (including phenoxy) is 2. The van der Waals surface area contributed by atoms with E-state index in [4.69, 9.17) is 21.1 Å². The van der Waals surface area contributed by atoms with Gasteiger partial charge in [-0.2, -0.15) is 0 Å². The molecule has 2 aromatic carbocycles. The minimum Gasteiger partial charge on any atom is -0.490 e. The molecule has 4 aromatic rings. The van der Waals surface area contributed by atoms with Crippen molar-refractivity contribution < 1.29 is 14.3 Å². The van der Waals surface area contributed by atoms with Crippen molar-refractivity contribution in [2.45, 2.75) is 26.5 Å². The van der Waals surface area contributed by atoms with Crippen LogP contribution in [-0.4, -0.2) is 33.9 Å². The third-order valence-electron chi connectivity index (χ3n) is 5.83. The smallest absolute Gasteiger partial charge is 0.254 e. The molecule has 0 saturated carbocycles. The molecule has 0 bridgehead atoms. The Labute approximate surface area is 197 Å². The van der Waals surface area contributed by atoms with Gasteiger partial charge >= 0.3 is 0 Å². The Bertz CT molecular complexity index is 1300. The van der Waals surface area contributed by atoms with Gasteiger partial charge in [-0.25, -0.2) is 0 Å². The Balaban J connectivity index is 1.36. The molecule has 0 fully saturated rings. The zero-order valence-electron chi connectivity index (χ0n) is 18.3. The lowest BCUT2D eigenvalue weighted by Crippen LogP contribution is -2.35. The summed E-state index contributed by atoms with van der Waals surface area (Å²) in [5, 5.41) is 1.76. The average molecular weight is 462 g/mol. The van der Waals surface area contributed by atoms with Gasteiger partial charge in [0.15, 0.2) is 11.5 Å². The number of halogens is 1. The third-order valence-corrected chi connectivity index (χ3v) is 6.07. The van der Waals surface area contributed by atoms with Crippen molar-refractivity contribution in [1.29, 1.82) is 0 Å². The highest BCUT2D eigenvalue weighted by atomic mass is 35.5. The molecule has 1 N–H and O–H groups in total. The molecule has 0 saturated heterocycles. The zero-order chi connectivity index (χ0) is 22.8. The molecular weight excluding hydrogens is 438 g/mol. The van der Waals surface area contributed by atoms with Gasteiger partial charge in [-0.05, 0) is 49.4 Å². The van der Waals surface area contributed by atoms with Gasteiger partial charge in [-0.3, -0.25) is 9.78 Å². The first-order valence-electron chi connectivity index (χ1n) is 11.0. The van der Waals surface area contributed by atoms with E-state index in [1.807, 2.05) is 42.2 Å². The van der Waals surface area contributed by atoms with Gasteiger partial charge in [0, 0.05) is 70.2 Å². The molecule has 0 spiro atoms. The Kier molecular flexibility index (Phi) is 5.92. The first-order chi connectivity index (χ1) is 16.1. The van der Waals surface area contributed by atoms with Crippen LogP contribution < -0.4 is 9.47 Å². The number of rotatable bonds is 6. The summed E-state index contributed by atoms with van der Waals surface area (Å²) < 4.78 is 11.7. The number of carbonyl (C=O) groups excluding carboxylic acids is 1. The number of amides is 1. The lowest BCUT2D eigenvalue weighted by Gasteiger charge is -2.27. The van der Waals surface area contributed by atoms with E-state index in [9.17, 15) is 4.79 Å². The molecule has 1 aliphatic heterocycles. The molecule has 0 aliphatic carbocycles. The maximum Gasteiger partial charge on any atom is 0.254 e. The van der Waals surface area contributed by atoms with Crippen LogP contribution in [0, 0.1) is 0 Å². The highest BCUT2D eigenvalue weighted by molar-refractivity contribution is 6.31. The Morgan fingerprint density at radius 3 is 2.88 bits per heavy atom. The second-order valence-corrected chi connectivity index (χ2v) is 8.43. The molecule has 5 rings (SSSR count). The topological polar surface area (TPSA) is 67.5 Å². The summed E-state index contributed by atoms with van der Waals surface area (Å²) in [6.45, 7) is 3.95. The molecule has 0 atom stereocenters. The van der Waals surface area contributed by atoms with Crippen LogP contribution in [0.5, 0.6) is 11.5 Å². The summed E-state index contributed by atoms with van der Waals surface area (Å²) in [7, 11) is 0. The van der Waals surface area contributed by atoms with Crippen molar-refractivity contribution in [3.8, 4) is 11.5 Å². The molecule has 168 valence electrons. The Morgan fingerprint density at radius 2 is 2.06 bits per heavy atom. The summed E-state index contributed by atoms with van der Waals surface area (Å²) in [6, 6.07) is 15.0. The van der Waals surface area contributed by atoms with Crippen molar-refractivity contribution >= 4 is 28.4 Å². The first-order valence-corrected chi connectivity index (χ1v) is 11.4. The summed E-state index contributed by atoms with van der Waals surface area (Å²) in [6.07, 6.45) is 4.27. The van der Waals surface area contributed by atoms with Crippen LogP contribution in [0.4, 0.5) is 0 Å². The highest BCUT2D eigenvalue weighted by Gasteiger charge is 2.25. The first kappa shape index (κ1) is 21.3. The number of aromatic amines is 1. The van der Waals surface area contributed by atoms with E-state index in [0.717, 1.165) is 28.5 Å². The van der Waals surface area contributed by atoms with Gasteiger partial charge in [0.25, 0.3) is 5.91 Å². The van der Waals surface area contributed by atoms with E-state index in [2.05, 4.69) is 9.97 Å². The molecule has 7 heteroatoms. The summed E-state index contributed by atoms with van der Waals surface area (Å²) >= 11 is 6.22. The maximum absolute atomic E-state index is 13.4. The van der Waals surface area contributed by atoms with Crippen LogP contribution in [0.3, 0.4) is 0 Å². The molecular formula is C26H24ClN3O3. The SMILES string of the molecule is CCOc1cc(C(=O)N2CCc3[nH]c4ccc(Cl)cc4c3C2)ccc1OCc1cccnc1. The number of fused-ring (bicyclic) bond motifs is 3. The number of aromatic nitrogens is 2. The number of H-pyrrole nitrogens is 1. The summed E-state index contributed by atoms with van der Waals surface area (Å²) in [5.41, 5.74) is 4.89. The third kappa shape index (κ3) is 4.39. The number of nitrogens with zero attached hydrogens (tertiary/aromatic N) is 2. The lowest BCUT2D eigenvalue weighted by atomic mass is 10.0. The van der Waals surface area contributed by atoms with E-state index in [0.29, 0.717) is 48.4 Å². The van der Waals surface area contributed by atoms with Crippen LogP contribution in [0.2, 0.25) is 5.02 Å². The maximum atomic E-state index is 13.4. The number of nitrogens with one attached hydrogen (secondary N) is 1. The minimum atomic E-state index is -0.0307. The van der Waals surface area contributed by atoms with Crippen LogP contribution in [-0.2, 0) is 19.6 Å². The minimum absolute atomic E-state index is 0.0307. The predicted octanol–water partition coefficient (Wildman–Crippen LogP) is 5.39. The van der Waals surface area contributed by atoms with Crippen molar-refractivity contribution in [1.82, 2.24) is 14.9 Å². The summed E-state index contributed by atoms with van der Waals surface area (Å²) in [5.74, 6) is 1.13. The van der Waals surface area contributed by atoms with Crippen LogP contribution in [0.1, 0.15) is 34.1 Å². The number of hydrogen-bond donors (Lipinski definition) is 1. The molecule has 1 aliphatic rings. The Hall–Kier alpha value is -3.51. The van der Waals surface area contributed by atoms with E-state index in [1.54, 1.807) is 30.6 Å². The molecule has 2 aromatic heterocycles. The number of carbonyl (C=O) groups is 1. The number of hydrogen-bond acceptors (Lipinski definition) is 4. The quantitative estimate of drug-likeness (QED) is 0.418. The fraction of sp³-hybridized carbons (Fsp3) is 0.231.